The number of carbonyl (C=O) groups is 2. The van der Waals surface area contributed by atoms with Crippen molar-refractivity contribution >= 4 is 11.8 Å². The lowest BCUT2D eigenvalue weighted by Gasteiger charge is -2.59. The van der Waals surface area contributed by atoms with Crippen LogP contribution in [0.2, 0.25) is 0 Å². The molecule has 34 heavy (non-hydrogen) atoms. The van der Waals surface area contributed by atoms with Crippen LogP contribution in [0.1, 0.15) is 69.4 Å². The third-order valence-corrected chi connectivity index (χ3v) is 7.23. The number of aromatic hydroxyl groups is 2. The lowest BCUT2D eigenvalue weighted by Crippen LogP contribution is -2.56. The van der Waals surface area contributed by atoms with Crippen molar-refractivity contribution in [1.29, 1.82) is 0 Å². The van der Waals surface area contributed by atoms with E-state index in [1.807, 2.05) is 13.8 Å². The summed E-state index contributed by atoms with van der Waals surface area (Å²) in [4.78, 5) is 38.6. The molecule has 3 atom stereocenters. The Kier molecular flexibility index (Phi) is 7.32. The van der Waals surface area contributed by atoms with Crippen LogP contribution in [0.5, 0.6) is 11.5 Å². The molecule has 0 radical (unpaired) electrons. The molecule has 3 aliphatic carbocycles. The molecule has 4 rings (SSSR count). The number of hydrogen-bond acceptors (Lipinski definition) is 8. The van der Waals surface area contributed by atoms with E-state index < -0.39 is 40.0 Å². The van der Waals surface area contributed by atoms with Gasteiger partial charge in [-0.15, -0.1) is 10.1 Å². The Hall–Kier alpha value is -2.98. The number of alkyl halides is 2. The maximum absolute atomic E-state index is 14.7. The molecule has 3 aliphatic rings. The topological polar surface area (TPSA) is 136 Å². The first-order valence-corrected chi connectivity index (χ1v) is 11.3. The third-order valence-electron chi connectivity index (χ3n) is 7.23. The summed E-state index contributed by atoms with van der Waals surface area (Å²) in [5.41, 5.74) is -1.15. The van der Waals surface area contributed by atoms with Crippen LogP contribution < -0.4 is 0 Å². The van der Waals surface area contributed by atoms with Crippen LogP contribution in [0.25, 0.3) is 0 Å². The maximum Gasteiger partial charge on any atom is 0.381 e. The van der Waals surface area contributed by atoms with Crippen LogP contribution in [-0.4, -0.2) is 40.3 Å². The second-order valence-electron chi connectivity index (χ2n) is 9.60. The predicted molar refractivity (Wildman–Crippen MR) is 114 cm³/mol. The Morgan fingerprint density at radius 2 is 1.76 bits per heavy atom. The van der Waals surface area contributed by atoms with E-state index in [4.69, 9.17) is 0 Å². The molecule has 0 saturated heterocycles. The molecule has 188 valence electrons. The van der Waals surface area contributed by atoms with Crippen LogP contribution in [-0.2, 0) is 25.1 Å². The van der Waals surface area contributed by atoms with E-state index in [1.54, 1.807) is 0 Å². The Morgan fingerprint density at radius 3 is 2.29 bits per heavy atom. The summed E-state index contributed by atoms with van der Waals surface area (Å²) in [5, 5.41) is 30.1. The van der Waals surface area contributed by atoms with Crippen molar-refractivity contribution in [3.8, 4) is 11.5 Å². The van der Waals surface area contributed by atoms with Crippen LogP contribution in [0.4, 0.5) is 8.78 Å². The number of fused-ring (bicyclic) bond motifs is 2. The number of carbonyl (C=O) groups excluding carboxylic acids is 2. The zero-order valence-electron chi connectivity index (χ0n) is 19.1. The average Bonchev–Trinajstić information content (AvgIpc) is 2.73. The third kappa shape index (κ3) is 4.92. The Bertz CT molecular complexity index is 941. The van der Waals surface area contributed by atoms with Crippen molar-refractivity contribution in [3.63, 3.8) is 0 Å². The molecule has 0 aromatic heterocycles. The Labute approximate surface area is 195 Å². The highest BCUT2D eigenvalue weighted by molar-refractivity contribution is 5.86. The van der Waals surface area contributed by atoms with Crippen molar-refractivity contribution in [1.82, 2.24) is 0 Å². The second-order valence-corrected chi connectivity index (χ2v) is 9.60. The quantitative estimate of drug-likeness (QED) is 0.206. The number of esters is 1. The first-order valence-electron chi connectivity index (χ1n) is 11.3. The number of unbranched alkanes of at least 4 members (excludes halogenated alkanes) is 3. The summed E-state index contributed by atoms with van der Waals surface area (Å²) in [6, 6.07) is 1.49. The Balaban J connectivity index is 1.60. The van der Waals surface area contributed by atoms with Crippen LogP contribution in [0.3, 0.4) is 0 Å². The number of nitrogens with zero attached hydrogens (tertiary/aromatic N) is 1. The molecule has 0 unspecified atom stereocenters. The van der Waals surface area contributed by atoms with Gasteiger partial charge in [0.05, 0.1) is 13.2 Å². The summed E-state index contributed by atoms with van der Waals surface area (Å²) in [5.74, 6) is -7.59. The van der Waals surface area contributed by atoms with E-state index in [9.17, 15) is 38.7 Å². The van der Waals surface area contributed by atoms with Gasteiger partial charge in [-0.3, -0.25) is 4.79 Å². The number of ketones is 1. The molecule has 9 nitrogen and oxygen atoms in total. The van der Waals surface area contributed by atoms with E-state index in [1.165, 1.54) is 0 Å². The molecule has 0 aliphatic heterocycles. The van der Waals surface area contributed by atoms with Crippen molar-refractivity contribution in [2.75, 3.05) is 13.2 Å². The Morgan fingerprint density at radius 1 is 1.18 bits per heavy atom. The van der Waals surface area contributed by atoms with Gasteiger partial charge in [0, 0.05) is 29.4 Å². The molecule has 0 spiro atoms. The molecule has 2 bridgehead atoms. The smallest absolute Gasteiger partial charge is 0.381 e. The molecule has 1 aromatic rings. The van der Waals surface area contributed by atoms with Gasteiger partial charge in [-0.25, -0.2) is 4.79 Å². The van der Waals surface area contributed by atoms with E-state index in [-0.39, 0.29) is 54.7 Å². The fourth-order valence-corrected chi connectivity index (χ4v) is 5.25. The lowest BCUT2D eigenvalue weighted by molar-refractivity contribution is -0.757. The minimum absolute atomic E-state index is 0.0226. The van der Waals surface area contributed by atoms with Crippen LogP contribution in [0.15, 0.2) is 12.1 Å². The number of halogens is 2. The van der Waals surface area contributed by atoms with Gasteiger partial charge in [0.2, 0.25) is 0 Å². The fourth-order valence-electron chi connectivity index (χ4n) is 5.25. The lowest BCUT2D eigenvalue weighted by atomic mass is 9.44. The normalized spacial score (nSPS) is 23.2. The first kappa shape index (κ1) is 25.6. The van der Waals surface area contributed by atoms with Gasteiger partial charge in [0.1, 0.15) is 17.3 Å². The molecular formula is C23H29F2NO8. The van der Waals surface area contributed by atoms with E-state index in [0.717, 1.165) is 12.1 Å². The molecular weight excluding hydrogens is 456 g/mol. The summed E-state index contributed by atoms with van der Waals surface area (Å²) in [6.07, 6.45) is 2.46. The monoisotopic (exact) mass is 485 g/mol. The van der Waals surface area contributed by atoms with Gasteiger partial charge in [-0.05, 0) is 49.1 Å². The summed E-state index contributed by atoms with van der Waals surface area (Å²) in [7, 11) is 0. The largest absolute Gasteiger partial charge is 0.508 e. The fraction of sp³-hybridized carbons (Fsp3) is 0.652. The molecule has 0 heterocycles. The van der Waals surface area contributed by atoms with Gasteiger partial charge in [0.25, 0.3) is 5.09 Å². The number of benzene rings is 1. The molecule has 3 saturated carbocycles. The zero-order valence-corrected chi connectivity index (χ0v) is 19.1. The predicted octanol–water partition coefficient (Wildman–Crippen LogP) is 4.22. The van der Waals surface area contributed by atoms with Gasteiger partial charge in [-0.1, -0.05) is 20.3 Å². The van der Waals surface area contributed by atoms with Crippen LogP contribution in [0, 0.1) is 27.4 Å². The van der Waals surface area contributed by atoms with Crippen molar-refractivity contribution in [3.05, 3.63) is 33.4 Å². The molecule has 3 fully saturated rings. The minimum Gasteiger partial charge on any atom is -0.508 e. The van der Waals surface area contributed by atoms with E-state index in [0.29, 0.717) is 25.7 Å². The number of Topliss-reactive ketones (excluding diaryl/α,β-unsaturated/α-hetero) is 1. The SMILES string of the molecule is CC1(C)[C@@H]2C[C@H]1C(=O)C[C@H]2c1c(O)cc(C(F)(F)C(=O)OCCCCCCO[N+](=O)[O-])cc1O. The number of ether oxygens (including phenoxy) is 1. The van der Waals surface area contributed by atoms with E-state index in [2.05, 4.69) is 9.57 Å². The van der Waals surface area contributed by atoms with Crippen LogP contribution >= 0.6 is 0 Å². The standard InChI is InChI=1S/C23H29F2NO8/c1-22(2)15-12-16(22)17(27)11-14(15)20-18(28)9-13(10-19(20)29)23(24,25)21(30)33-7-5-3-4-6-8-34-26(31)32/h9-10,14-16,28-29H,3-8,11-12H2,1-2H3/t14-,15-,16+/m1/s1. The first-order chi connectivity index (χ1) is 15.9. The zero-order chi connectivity index (χ0) is 25.3. The van der Waals surface area contributed by atoms with Gasteiger partial charge >= 0.3 is 11.9 Å². The second kappa shape index (κ2) is 9.71. The summed E-state index contributed by atoms with van der Waals surface area (Å²) in [6.45, 7) is 3.55. The summed E-state index contributed by atoms with van der Waals surface area (Å²) >= 11 is 0. The van der Waals surface area contributed by atoms with Crippen molar-refractivity contribution < 1.29 is 43.2 Å². The number of phenolic OH excluding ortho intramolecular Hbond substituents is 2. The number of rotatable bonds is 11. The average molecular weight is 485 g/mol. The highest BCUT2D eigenvalue weighted by Crippen LogP contribution is 2.64. The number of phenols is 2. The van der Waals surface area contributed by atoms with Crippen molar-refractivity contribution in [2.45, 2.75) is 64.2 Å². The number of hydrogen-bond donors (Lipinski definition) is 2. The van der Waals surface area contributed by atoms with E-state index >= 15 is 0 Å². The van der Waals surface area contributed by atoms with Gasteiger partial charge in [-0.2, -0.15) is 8.78 Å². The maximum atomic E-state index is 14.7. The molecule has 2 N–H and O–H groups in total. The van der Waals surface area contributed by atoms with Gasteiger partial charge < -0.3 is 19.8 Å². The molecule has 0 amide bonds. The summed E-state index contributed by atoms with van der Waals surface area (Å²) < 4.78 is 34.0. The van der Waals surface area contributed by atoms with Crippen molar-refractivity contribution in [2.24, 2.45) is 17.3 Å². The highest BCUT2D eigenvalue weighted by Gasteiger charge is 2.59. The molecule has 1 aromatic carbocycles. The molecule has 11 heteroatoms. The highest BCUT2D eigenvalue weighted by atomic mass is 19.3. The van der Waals surface area contributed by atoms with Gasteiger partial charge in [0.15, 0.2) is 0 Å². The minimum atomic E-state index is -4.10.